The minimum atomic E-state index is -0.909. The zero-order chi connectivity index (χ0) is 28.2. The van der Waals surface area contributed by atoms with Crippen LogP contribution in [0.5, 0.6) is 0 Å². The van der Waals surface area contributed by atoms with Crippen LogP contribution >= 0.6 is 9.24 Å². The van der Waals surface area contributed by atoms with E-state index >= 15 is 0 Å². The van der Waals surface area contributed by atoms with Crippen molar-refractivity contribution < 1.29 is 23.5 Å². The van der Waals surface area contributed by atoms with Crippen molar-refractivity contribution in [2.75, 3.05) is 13.6 Å². The molecule has 0 aliphatic carbocycles. The molecule has 0 aliphatic heterocycles. The lowest BCUT2D eigenvalue weighted by Crippen LogP contribution is -2.40. The van der Waals surface area contributed by atoms with Gasteiger partial charge in [-0.1, -0.05) is 72.2 Å². The molecule has 0 aliphatic rings. The highest BCUT2D eigenvalue weighted by atomic mass is 31.0. The van der Waals surface area contributed by atoms with Crippen LogP contribution in [0.3, 0.4) is 0 Å². The molecule has 0 radical (unpaired) electrons. The van der Waals surface area contributed by atoms with Gasteiger partial charge in [0.15, 0.2) is 6.61 Å². The second kappa shape index (κ2) is 19.6. The maximum atomic E-state index is 11.8. The van der Waals surface area contributed by atoms with E-state index in [0.29, 0.717) is 5.82 Å². The molecule has 0 saturated carbocycles. The van der Waals surface area contributed by atoms with E-state index in [1.807, 2.05) is 24.3 Å². The van der Waals surface area contributed by atoms with Crippen molar-refractivity contribution in [2.45, 2.75) is 54.1 Å². The zero-order valence-corrected chi connectivity index (χ0v) is 23.7. The summed E-state index contributed by atoms with van der Waals surface area (Å²) in [6.07, 6.45) is 4.64. The normalized spacial score (nSPS) is 10.2. The van der Waals surface area contributed by atoms with Crippen molar-refractivity contribution >= 4 is 32.3 Å². The Labute approximate surface area is 221 Å². The number of nitrogens with zero attached hydrogens (tertiary/aromatic N) is 2. The Bertz CT molecular complexity index is 998. The lowest BCUT2D eigenvalue weighted by Gasteiger charge is -2.08. The van der Waals surface area contributed by atoms with E-state index in [2.05, 4.69) is 76.6 Å². The molecule has 2 rings (SSSR count). The monoisotopic (exact) mass is 533 g/mol. The van der Waals surface area contributed by atoms with Crippen molar-refractivity contribution in [3.8, 4) is 11.5 Å². The second-order valence-electron chi connectivity index (χ2n) is 8.23. The number of Topliss-reactive ketones (excluding diaryl/α,β-unsaturated/α-hetero) is 1. The smallest absolute Gasteiger partial charge is 0.408 e. The Kier molecular flexibility index (Phi) is 17.8. The molecule has 204 valence electrons. The Balaban J connectivity index is 0.00000142. The highest BCUT2D eigenvalue weighted by molar-refractivity contribution is 7.27. The molecule has 1 heterocycles. The average Bonchev–Trinajstić information content (AvgIpc) is 3.35. The molecule has 0 saturated heterocycles. The molecule has 1 aromatic heterocycles. The molecule has 1 atom stereocenters. The summed E-state index contributed by atoms with van der Waals surface area (Å²) in [5.41, 5.74) is 0.724. The number of allylic oxidation sites excluding steroid dienone is 2. The van der Waals surface area contributed by atoms with Crippen LogP contribution in [0.2, 0.25) is 0 Å². The van der Waals surface area contributed by atoms with Gasteiger partial charge < -0.3 is 25.1 Å². The maximum absolute atomic E-state index is 11.8. The first kappa shape index (κ1) is 33.5. The molecule has 1 unspecified atom stereocenters. The first-order valence-corrected chi connectivity index (χ1v) is 12.6. The van der Waals surface area contributed by atoms with Crippen LogP contribution in [-0.2, 0) is 20.9 Å². The zero-order valence-electron chi connectivity index (χ0n) is 22.6. The molecular formula is C26H40N5O5P. The molecule has 0 bridgehead atoms. The van der Waals surface area contributed by atoms with Gasteiger partial charge in [0.1, 0.15) is 5.82 Å². The van der Waals surface area contributed by atoms with Crippen LogP contribution in [0.1, 0.15) is 53.4 Å². The summed E-state index contributed by atoms with van der Waals surface area (Å²) in [6, 6.07) is 7.36. The Hall–Kier alpha value is -3.52. The molecular weight excluding hydrogens is 493 g/mol. The number of hydrogen-bond acceptors (Lipinski definition) is 8. The fourth-order valence-electron chi connectivity index (χ4n) is 1.96. The molecule has 3 N–H and O–H groups in total. The highest BCUT2D eigenvalue weighted by Gasteiger charge is 2.17. The Morgan fingerprint density at radius 1 is 1.11 bits per heavy atom. The number of ketones is 1. The number of unbranched alkanes of at least 4 members (excludes halogenated alkanes) is 1. The van der Waals surface area contributed by atoms with Crippen molar-refractivity contribution in [3.05, 3.63) is 54.7 Å². The summed E-state index contributed by atoms with van der Waals surface area (Å²) >= 11 is 0. The number of carbonyl (C=O) groups is 3. The Morgan fingerprint density at radius 2 is 1.70 bits per heavy atom. The van der Waals surface area contributed by atoms with Gasteiger partial charge in [-0.25, -0.2) is 4.79 Å². The standard InChI is InChI=1S/C18H20N5O5P.2C4H10/c1-3-4-14(19-2)21-16(25)13(24)9-20-18(26)27-10-15-22-23-17(28-15)11-5-7-12(29)8-6-11;1-4(2)3;1-3-4-2/h3-8,19H,1,9-10,29H2,2H3,(H,20,26)(H,21,25);4H,1-3H3;3-4H2,1-2H3/b14-4+;;. The van der Waals surface area contributed by atoms with E-state index in [4.69, 9.17) is 9.15 Å². The molecule has 11 heteroatoms. The number of carbonyl (C=O) groups excluding carboxylic acids is 3. The lowest BCUT2D eigenvalue weighted by molar-refractivity contribution is -0.136. The third-order valence-electron chi connectivity index (χ3n) is 3.90. The van der Waals surface area contributed by atoms with Gasteiger partial charge in [0.05, 0.1) is 6.54 Å². The van der Waals surface area contributed by atoms with Gasteiger partial charge in [-0.05, 0) is 29.4 Å². The van der Waals surface area contributed by atoms with Crippen LogP contribution < -0.4 is 21.3 Å². The SMILES string of the molecule is C=C/C=C(\NC)NC(=O)C(=O)CNC(=O)OCc1nnc(-c2ccc(P)cc2)o1.CC(C)C.CCCC. The third-order valence-corrected chi connectivity index (χ3v) is 4.28. The highest BCUT2D eigenvalue weighted by Crippen LogP contribution is 2.17. The topological polar surface area (TPSA) is 135 Å². The summed E-state index contributed by atoms with van der Waals surface area (Å²) in [7, 11) is 4.13. The van der Waals surface area contributed by atoms with Crippen LogP contribution in [-0.4, -0.2) is 41.6 Å². The van der Waals surface area contributed by atoms with Crippen molar-refractivity contribution in [3.63, 3.8) is 0 Å². The van der Waals surface area contributed by atoms with Crippen LogP contribution in [0.4, 0.5) is 4.79 Å². The fraction of sp³-hybridized carbons (Fsp3) is 0.423. The molecule has 2 aromatic rings. The minimum absolute atomic E-state index is 0.0855. The lowest BCUT2D eigenvalue weighted by atomic mass is 10.2. The first-order chi connectivity index (χ1) is 17.6. The van der Waals surface area contributed by atoms with Crippen LogP contribution in [0.25, 0.3) is 11.5 Å². The maximum Gasteiger partial charge on any atom is 0.408 e. The van der Waals surface area contributed by atoms with E-state index in [-0.39, 0.29) is 18.4 Å². The average molecular weight is 534 g/mol. The predicted octanol–water partition coefficient (Wildman–Crippen LogP) is 3.86. The van der Waals surface area contributed by atoms with Crippen molar-refractivity contribution in [1.82, 2.24) is 26.1 Å². The summed E-state index contributed by atoms with van der Waals surface area (Å²) < 4.78 is 10.3. The van der Waals surface area contributed by atoms with Gasteiger partial charge in [0.25, 0.3) is 11.8 Å². The number of ether oxygens (including phenoxy) is 1. The van der Waals surface area contributed by atoms with E-state index in [0.717, 1.165) is 16.8 Å². The molecule has 37 heavy (non-hydrogen) atoms. The predicted molar refractivity (Wildman–Crippen MR) is 149 cm³/mol. The first-order valence-electron chi connectivity index (χ1n) is 12.0. The number of benzene rings is 1. The number of hydrogen-bond donors (Lipinski definition) is 3. The van der Waals surface area contributed by atoms with Crippen LogP contribution in [0, 0.1) is 5.92 Å². The van der Waals surface area contributed by atoms with E-state index < -0.39 is 24.3 Å². The summed E-state index contributed by atoms with van der Waals surface area (Å²) in [4.78, 5) is 35.2. The van der Waals surface area contributed by atoms with Gasteiger partial charge in [-0.3, -0.25) is 9.59 Å². The molecule has 10 nitrogen and oxygen atoms in total. The van der Waals surface area contributed by atoms with Gasteiger partial charge in [-0.15, -0.1) is 19.4 Å². The number of aromatic nitrogens is 2. The molecule has 0 fully saturated rings. The van der Waals surface area contributed by atoms with Crippen LogP contribution in [0.15, 0.2) is 53.2 Å². The van der Waals surface area contributed by atoms with E-state index in [1.54, 1.807) is 7.05 Å². The summed E-state index contributed by atoms with van der Waals surface area (Å²) in [6.45, 7) is 13.5. The number of alkyl carbamates (subject to hydrolysis) is 1. The number of amides is 2. The molecule has 0 spiro atoms. The third kappa shape index (κ3) is 16.0. The second-order valence-corrected chi connectivity index (χ2v) is 8.89. The van der Waals surface area contributed by atoms with Gasteiger partial charge in [0, 0.05) is 12.6 Å². The summed E-state index contributed by atoms with van der Waals surface area (Å²) in [5, 5.41) is 15.9. The number of nitrogens with one attached hydrogen (secondary N) is 3. The quantitative estimate of drug-likeness (QED) is 0.238. The van der Waals surface area contributed by atoms with Gasteiger partial charge >= 0.3 is 6.09 Å². The molecule has 2 amide bonds. The Morgan fingerprint density at radius 3 is 2.22 bits per heavy atom. The largest absolute Gasteiger partial charge is 0.439 e. The molecule has 1 aromatic carbocycles. The van der Waals surface area contributed by atoms with Crippen molar-refractivity contribution in [2.24, 2.45) is 5.92 Å². The number of rotatable bonds is 10. The van der Waals surface area contributed by atoms with E-state index in [9.17, 15) is 14.4 Å². The summed E-state index contributed by atoms with van der Waals surface area (Å²) in [5.74, 6) is -0.257. The van der Waals surface area contributed by atoms with Gasteiger partial charge in [0.2, 0.25) is 11.7 Å². The van der Waals surface area contributed by atoms with Gasteiger partial charge in [-0.2, -0.15) is 0 Å². The minimum Gasteiger partial charge on any atom is -0.439 e. The fourth-order valence-corrected chi connectivity index (χ4v) is 2.16. The van der Waals surface area contributed by atoms with Crippen molar-refractivity contribution in [1.29, 1.82) is 0 Å². The van der Waals surface area contributed by atoms with E-state index in [1.165, 1.54) is 25.0 Å².